The Morgan fingerprint density at radius 1 is 1.10 bits per heavy atom. The fourth-order valence-electron chi connectivity index (χ4n) is 1.81. The molecule has 1 unspecified atom stereocenters. The van der Waals surface area contributed by atoms with Crippen LogP contribution in [0.2, 0.25) is 5.02 Å². The molecule has 0 spiro atoms. The highest BCUT2D eigenvalue weighted by Crippen LogP contribution is 2.22. The minimum Gasteiger partial charge on any atom is -0.453 e. The molecule has 0 aromatic heterocycles. The van der Waals surface area contributed by atoms with Crippen LogP contribution in [0.25, 0.3) is 6.08 Å². The first-order valence-electron chi connectivity index (χ1n) is 6.31. The Labute approximate surface area is 123 Å². The summed E-state index contributed by atoms with van der Waals surface area (Å²) in [5, 5.41) is 0.655. The molecule has 2 aromatic rings. The van der Waals surface area contributed by atoms with E-state index in [1.54, 1.807) is 12.1 Å². The summed E-state index contributed by atoms with van der Waals surface area (Å²) in [5.41, 5.74) is 1.94. The third-order valence-corrected chi connectivity index (χ3v) is 3.01. The van der Waals surface area contributed by atoms with Crippen molar-refractivity contribution < 1.29 is 9.53 Å². The van der Waals surface area contributed by atoms with Crippen LogP contribution in [0.15, 0.2) is 60.7 Å². The molecule has 0 N–H and O–H groups in total. The SMILES string of the molecule is CC(=O)OC(/C=C/c1ccccc1)c1ccc(Cl)cc1. The quantitative estimate of drug-likeness (QED) is 0.764. The molecule has 0 amide bonds. The predicted molar refractivity (Wildman–Crippen MR) is 81.4 cm³/mol. The van der Waals surface area contributed by atoms with Crippen molar-refractivity contribution in [1.29, 1.82) is 0 Å². The summed E-state index contributed by atoms with van der Waals surface area (Å²) in [5.74, 6) is -0.317. The first-order chi connectivity index (χ1) is 9.65. The number of benzene rings is 2. The molecule has 2 aromatic carbocycles. The minimum atomic E-state index is -0.412. The van der Waals surface area contributed by atoms with Gasteiger partial charge in [0.1, 0.15) is 6.10 Å². The van der Waals surface area contributed by atoms with E-state index in [1.807, 2.05) is 54.6 Å². The number of hydrogen-bond acceptors (Lipinski definition) is 2. The minimum absolute atomic E-state index is 0.317. The molecule has 0 saturated heterocycles. The summed E-state index contributed by atoms with van der Waals surface area (Å²) >= 11 is 5.87. The third kappa shape index (κ3) is 4.25. The summed E-state index contributed by atoms with van der Waals surface area (Å²) in [6.45, 7) is 1.40. The van der Waals surface area contributed by atoms with Gasteiger partial charge in [-0.25, -0.2) is 0 Å². The standard InChI is InChI=1S/C17H15ClO2/c1-13(19)20-17(15-8-10-16(18)11-9-15)12-7-14-5-3-2-4-6-14/h2-12,17H,1H3/b12-7+. The second-order valence-corrected chi connectivity index (χ2v) is 4.79. The van der Waals surface area contributed by atoms with Gasteiger partial charge in [0.05, 0.1) is 0 Å². The maximum Gasteiger partial charge on any atom is 0.303 e. The van der Waals surface area contributed by atoms with Crippen LogP contribution in [0.1, 0.15) is 24.2 Å². The third-order valence-electron chi connectivity index (χ3n) is 2.75. The average molecular weight is 287 g/mol. The van der Waals surface area contributed by atoms with Crippen molar-refractivity contribution in [2.24, 2.45) is 0 Å². The predicted octanol–water partition coefficient (Wildman–Crippen LogP) is 4.66. The second-order valence-electron chi connectivity index (χ2n) is 4.35. The highest BCUT2D eigenvalue weighted by atomic mass is 35.5. The molecule has 2 nitrogen and oxygen atoms in total. The Kier molecular flexibility index (Phi) is 4.97. The monoisotopic (exact) mass is 286 g/mol. The van der Waals surface area contributed by atoms with Crippen LogP contribution in [-0.2, 0) is 9.53 Å². The molecule has 1 atom stereocenters. The summed E-state index contributed by atoms with van der Waals surface area (Å²) < 4.78 is 5.33. The van der Waals surface area contributed by atoms with Crippen LogP contribution < -0.4 is 0 Å². The van der Waals surface area contributed by atoms with Crippen LogP contribution in [0.5, 0.6) is 0 Å². The van der Waals surface area contributed by atoms with E-state index in [4.69, 9.17) is 16.3 Å². The largest absolute Gasteiger partial charge is 0.453 e. The molecule has 102 valence electrons. The van der Waals surface area contributed by atoms with Gasteiger partial charge in [-0.05, 0) is 29.3 Å². The van der Waals surface area contributed by atoms with Crippen molar-refractivity contribution in [3.8, 4) is 0 Å². The molecule has 3 heteroatoms. The summed E-state index contributed by atoms with van der Waals surface area (Å²) in [6, 6.07) is 17.1. The van der Waals surface area contributed by atoms with Gasteiger partial charge >= 0.3 is 5.97 Å². The van der Waals surface area contributed by atoms with E-state index < -0.39 is 6.10 Å². The van der Waals surface area contributed by atoms with Crippen molar-refractivity contribution >= 4 is 23.6 Å². The number of esters is 1. The van der Waals surface area contributed by atoms with Gasteiger partial charge in [0.15, 0.2) is 0 Å². The van der Waals surface area contributed by atoms with E-state index in [9.17, 15) is 4.79 Å². The highest BCUT2D eigenvalue weighted by Gasteiger charge is 2.11. The van der Waals surface area contributed by atoms with Crippen molar-refractivity contribution in [3.63, 3.8) is 0 Å². The lowest BCUT2D eigenvalue weighted by Crippen LogP contribution is -2.05. The van der Waals surface area contributed by atoms with Crippen LogP contribution in [0, 0.1) is 0 Å². The highest BCUT2D eigenvalue weighted by molar-refractivity contribution is 6.30. The molecular weight excluding hydrogens is 272 g/mol. The molecule has 0 aliphatic rings. The van der Waals surface area contributed by atoms with Crippen LogP contribution in [0.4, 0.5) is 0 Å². The van der Waals surface area contributed by atoms with Gasteiger partial charge in [0.25, 0.3) is 0 Å². The van der Waals surface area contributed by atoms with Crippen molar-refractivity contribution in [2.45, 2.75) is 13.0 Å². The fourth-order valence-corrected chi connectivity index (χ4v) is 1.94. The molecule has 20 heavy (non-hydrogen) atoms. The Bertz CT molecular complexity index is 588. The van der Waals surface area contributed by atoms with E-state index in [0.717, 1.165) is 11.1 Å². The van der Waals surface area contributed by atoms with E-state index in [2.05, 4.69) is 0 Å². The zero-order valence-electron chi connectivity index (χ0n) is 11.1. The molecule has 0 radical (unpaired) electrons. The normalized spacial score (nSPS) is 12.3. The van der Waals surface area contributed by atoms with Crippen molar-refractivity contribution in [3.05, 3.63) is 76.8 Å². The molecule has 0 heterocycles. The van der Waals surface area contributed by atoms with Gasteiger partial charge in [-0.2, -0.15) is 0 Å². The number of carbonyl (C=O) groups is 1. The van der Waals surface area contributed by atoms with Gasteiger partial charge in [0.2, 0.25) is 0 Å². The maximum absolute atomic E-state index is 11.2. The van der Waals surface area contributed by atoms with E-state index in [-0.39, 0.29) is 5.97 Å². The second kappa shape index (κ2) is 6.92. The van der Waals surface area contributed by atoms with E-state index in [1.165, 1.54) is 6.92 Å². The number of rotatable bonds is 4. The maximum atomic E-state index is 11.2. The Morgan fingerprint density at radius 2 is 1.75 bits per heavy atom. The lowest BCUT2D eigenvalue weighted by atomic mass is 10.1. The topological polar surface area (TPSA) is 26.3 Å². The van der Waals surface area contributed by atoms with Crippen LogP contribution >= 0.6 is 11.6 Å². The van der Waals surface area contributed by atoms with Gasteiger partial charge in [-0.3, -0.25) is 4.79 Å². The molecule has 0 aliphatic carbocycles. The van der Waals surface area contributed by atoms with Gasteiger partial charge in [-0.15, -0.1) is 0 Å². The first kappa shape index (κ1) is 14.4. The fraction of sp³-hybridized carbons (Fsp3) is 0.118. The Hall–Kier alpha value is -2.06. The molecule has 2 rings (SSSR count). The Morgan fingerprint density at radius 3 is 2.35 bits per heavy atom. The van der Waals surface area contributed by atoms with Crippen LogP contribution in [0.3, 0.4) is 0 Å². The average Bonchev–Trinajstić information content (AvgIpc) is 2.45. The number of ether oxygens (including phenoxy) is 1. The number of hydrogen-bond donors (Lipinski definition) is 0. The van der Waals surface area contributed by atoms with E-state index >= 15 is 0 Å². The van der Waals surface area contributed by atoms with Gasteiger partial charge in [-0.1, -0.05) is 60.1 Å². The zero-order valence-corrected chi connectivity index (χ0v) is 11.9. The van der Waals surface area contributed by atoms with Crippen molar-refractivity contribution in [1.82, 2.24) is 0 Å². The van der Waals surface area contributed by atoms with Crippen LogP contribution in [-0.4, -0.2) is 5.97 Å². The lowest BCUT2D eigenvalue weighted by Gasteiger charge is -2.13. The molecule has 0 saturated carbocycles. The number of carbonyl (C=O) groups excluding carboxylic acids is 1. The summed E-state index contributed by atoms with van der Waals surface area (Å²) in [4.78, 5) is 11.2. The molecule has 0 aliphatic heterocycles. The van der Waals surface area contributed by atoms with E-state index in [0.29, 0.717) is 5.02 Å². The smallest absolute Gasteiger partial charge is 0.303 e. The summed E-state index contributed by atoms with van der Waals surface area (Å²) in [6.07, 6.45) is 3.38. The molecular formula is C17H15ClO2. The lowest BCUT2D eigenvalue weighted by molar-refractivity contribution is -0.144. The molecule has 0 bridgehead atoms. The zero-order chi connectivity index (χ0) is 14.4. The first-order valence-corrected chi connectivity index (χ1v) is 6.69. The van der Waals surface area contributed by atoms with Gasteiger partial charge in [0, 0.05) is 11.9 Å². The molecule has 0 fully saturated rings. The summed E-state index contributed by atoms with van der Waals surface area (Å²) in [7, 11) is 0. The van der Waals surface area contributed by atoms with Gasteiger partial charge < -0.3 is 4.74 Å². The number of halogens is 1. The Balaban J connectivity index is 2.21. The van der Waals surface area contributed by atoms with Crippen molar-refractivity contribution in [2.75, 3.05) is 0 Å².